The van der Waals surface area contributed by atoms with Crippen molar-refractivity contribution < 1.29 is 9.13 Å². The van der Waals surface area contributed by atoms with Gasteiger partial charge in [0.05, 0.1) is 12.2 Å². The Kier molecular flexibility index (Phi) is 3.43. The molecule has 2 aliphatic heterocycles. The molecule has 18 heavy (non-hydrogen) atoms. The van der Waals surface area contributed by atoms with Gasteiger partial charge in [-0.25, -0.2) is 4.39 Å². The summed E-state index contributed by atoms with van der Waals surface area (Å²) in [7, 11) is 0. The summed E-state index contributed by atoms with van der Waals surface area (Å²) < 4.78 is 19.9. The third kappa shape index (κ3) is 2.46. The summed E-state index contributed by atoms with van der Waals surface area (Å²) in [6.45, 7) is 0. The van der Waals surface area contributed by atoms with E-state index in [0.29, 0.717) is 24.5 Å². The molecule has 0 aliphatic carbocycles. The van der Waals surface area contributed by atoms with Gasteiger partial charge < -0.3 is 10.5 Å². The molecule has 3 rings (SSSR count). The highest BCUT2D eigenvalue weighted by atomic mass is 79.9. The van der Waals surface area contributed by atoms with Gasteiger partial charge in [0.2, 0.25) is 0 Å². The molecule has 4 heteroatoms. The second kappa shape index (κ2) is 4.91. The maximum Gasteiger partial charge on any atom is 0.124 e. The van der Waals surface area contributed by atoms with E-state index in [1.807, 2.05) is 6.07 Å². The van der Waals surface area contributed by atoms with E-state index < -0.39 is 0 Å². The van der Waals surface area contributed by atoms with Gasteiger partial charge in [-0.3, -0.25) is 0 Å². The van der Waals surface area contributed by atoms with Crippen molar-refractivity contribution in [2.45, 2.75) is 43.9 Å². The predicted molar refractivity (Wildman–Crippen MR) is 71.8 cm³/mol. The number of fused-ring (bicyclic) bond motifs is 2. The fraction of sp³-hybridized carbons (Fsp3) is 0.571. The highest BCUT2D eigenvalue weighted by Gasteiger charge is 2.43. The van der Waals surface area contributed by atoms with Gasteiger partial charge in [-0.05, 0) is 49.4 Å². The highest BCUT2D eigenvalue weighted by molar-refractivity contribution is 9.10. The van der Waals surface area contributed by atoms with Crippen molar-refractivity contribution in [3.05, 3.63) is 34.1 Å². The number of hydrogen-bond donors (Lipinski definition) is 1. The lowest BCUT2D eigenvalue weighted by atomic mass is 9.82. The third-order valence-corrected chi connectivity index (χ3v) is 4.55. The van der Waals surface area contributed by atoms with E-state index >= 15 is 0 Å². The SMILES string of the molecule is NC(Cc1cc(F)cc(Br)c1)C1CC2CCC1O2. The largest absolute Gasteiger partial charge is 0.375 e. The topological polar surface area (TPSA) is 35.2 Å². The number of hydrogen-bond acceptors (Lipinski definition) is 2. The number of ether oxygens (including phenoxy) is 1. The van der Waals surface area contributed by atoms with Crippen LogP contribution < -0.4 is 5.73 Å². The van der Waals surface area contributed by atoms with Crippen LogP contribution in [-0.2, 0) is 11.2 Å². The van der Waals surface area contributed by atoms with Crippen LogP contribution in [0.1, 0.15) is 24.8 Å². The molecular formula is C14H17BrFNO. The Morgan fingerprint density at radius 1 is 1.39 bits per heavy atom. The van der Waals surface area contributed by atoms with Crippen molar-refractivity contribution in [3.8, 4) is 0 Å². The number of benzene rings is 1. The van der Waals surface area contributed by atoms with Crippen molar-refractivity contribution in [1.29, 1.82) is 0 Å². The average molecular weight is 314 g/mol. The summed E-state index contributed by atoms with van der Waals surface area (Å²) in [6.07, 6.45) is 4.86. The van der Waals surface area contributed by atoms with Gasteiger partial charge in [0.25, 0.3) is 0 Å². The van der Waals surface area contributed by atoms with Crippen LogP contribution in [0.15, 0.2) is 22.7 Å². The first-order valence-corrected chi connectivity index (χ1v) is 7.27. The van der Waals surface area contributed by atoms with E-state index in [-0.39, 0.29) is 11.9 Å². The molecule has 2 nitrogen and oxygen atoms in total. The van der Waals surface area contributed by atoms with Crippen LogP contribution in [0.2, 0.25) is 0 Å². The Balaban J connectivity index is 1.68. The summed E-state index contributed by atoms with van der Waals surface area (Å²) in [5.74, 6) is 0.224. The predicted octanol–water partition coefficient (Wildman–Crippen LogP) is 3.03. The van der Waals surface area contributed by atoms with Gasteiger partial charge in [-0.2, -0.15) is 0 Å². The zero-order valence-electron chi connectivity index (χ0n) is 10.1. The maximum atomic E-state index is 13.3. The van der Waals surface area contributed by atoms with Gasteiger partial charge in [-0.1, -0.05) is 15.9 Å². The minimum atomic E-state index is -0.212. The lowest BCUT2D eigenvalue weighted by molar-refractivity contribution is 0.0885. The zero-order valence-corrected chi connectivity index (χ0v) is 11.7. The second-order valence-corrected chi connectivity index (χ2v) is 6.33. The van der Waals surface area contributed by atoms with Gasteiger partial charge in [0, 0.05) is 16.4 Å². The standard InChI is InChI=1S/C14H17BrFNO/c15-9-3-8(4-10(16)6-9)5-13(17)12-7-11-1-2-14(12)18-11/h3-4,6,11-14H,1-2,5,7,17H2. The van der Waals surface area contributed by atoms with Crippen LogP contribution in [-0.4, -0.2) is 18.2 Å². The molecule has 2 heterocycles. The Labute approximate surface area is 115 Å². The molecule has 2 bridgehead atoms. The van der Waals surface area contributed by atoms with Gasteiger partial charge >= 0.3 is 0 Å². The summed E-state index contributed by atoms with van der Waals surface area (Å²) >= 11 is 3.31. The van der Waals surface area contributed by atoms with Crippen molar-refractivity contribution in [3.63, 3.8) is 0 Å². The van der Waals surface area contributed by atoms with Crippen LogP contribution in [0.5, 0.6) is 0 Å². The van der Waals surface area contributed by atoms with Gasteiger partial charge in [0.15, 0.2) is 0 Å². The van der Waals surface area contributed by atoms with E-state index in [0.717, 1.165) is 22.9 Å². The summed E-state index contributed by atoms with van der Waals surface area (Å²) in [6, 6.07) is 5.04. The summed E-state index contributed by atoms with van der Waals surface area (Å²) in [4.78, 5) is 0. The van der Waals surface area contributed by atoms with E-state index in [2.05, 4.69) is 15.9 Å². The first kappa shape index (κ1) is 12.6. The molecule has 98 valence electrons. The Morgan fingerprint density at radius 2 is 2.22 bits per heavy atom. The fourth-order valence-electron chi connectivity index (χ4n) is 3.28. The van der Waals surface area contributed by atoms with Gasteiger partial charge in [-0.15, -0.1) is 0 Å². The molecule has 0 amide bonds. The number of nitrogens with two attached hydrogens (primary N) is 1. The summed E-state index contributed by atoms with van der Waals surface area (Å²) in [5.41, 5.74) is 7.24. The maximum absolute atomic E-state index is 13.3. The summed E-state index contributed by atoms with van der Waals surface area (Å²) in [5, 5.41) is 0. The van der Waals surface area contributed by atoms with E-state index in [9.17, 15) is 4.39 Å². The normalized spacial score (nSPS) is 31.8. The van der Waals surface area contributed by atoms with Crippen molar-refractivity contribution in [2.75, 3.05) is 0 Å². The van der Waals surface area contributed by atoms with Crippen LogP contribution in [0, 0.1) is 11.7 Å². The monoisotopic (exact) mass is 313 g/mol. The molecule has 2 N–H and O–H groups in total. The first-order chi connectivity index (χ1) is 8.61. The van der Waals surface area contributed by atoms with E-state index in [1.54, 1.807) is 6.07 Å². The minimum Gasteiger partial charge on any atom is -0.375 e. The molecule has 1 aromatic rings. The Morgan fingerprint density at radius 3 is 2.83 bits per heavy atom. The molecular weight excluding hydrogens is 297 g/mol. The average Bonchev–Trinajstić information content (AvgIpc) is 2.88. The molecule has 1 aromatic carbocycles. The highest BCUT2D eigenvalue weighted by Crippen LogP contribution is 2.40. The van der Waals surface area contributed by atoms with Crippen LogP contribution in [0.3, 0.4) is 0 Å². The lowest BCUT2D eigenvalue weighted by Crippen LogP contribution is -2.38. The molecule has 0 aromatic heterocycles. The van der Waals surface area contributed by atoms with Crippen LogP contribution in [0.4, 0.5) is 4.39 Å². The molecule has 2 aliphatic rings. The van der Waals surface area contributed by atoms with E-state index in [1.165, 1.54) is 12.5 Å². The number of rotatable bonds is 3. The molecule has 4 unspecified atom stereocenters. The quantitative estimate of drug-likeness (QED) is 0.931. The van der Waals surface area contributed by atoms with E-state index in [4.69, 9.17) is 10.5 Å². The molecule has 0 saturated carbocycles. The zero-order chi connectivity index (χ0) is 12.7. The van der Waals surface area contributed by atoms with Crippen molar-refractivity contribution in [1.82, 2.24) is 0 Å². The fourth-order valence-corrected chi connectivity index (χ4v) is 3.79. The molecule has 2 fully saturated rings. The van der Waals surface area contributed by atoms with Crippen molar-refractivity contribution in [2.24, 2.45) is 11.7 Å². The second-order valence-electron chi connectivity index (χ2n) is 5.42. The van der Waals surface area contributed by atoms with Gasteiger partial charge in [0.1, 0.15) is 5.82 Å². The van der Waals surface area contributed by atoms with Crippen LogP contribution in [0.25, 0.3) is 0 Å². The third-order valence-electron chi connectivity index (χ3n) is 4.10. The Hall–Kier alpha value is -0.450. The van der Waals surface area contributed by atoms with Crippen molar-refractivity contribution >= 4 is 15.9 Å². The molecule has 0 spiro atoms. The molecule has 2 saturated heterocycles. The Bertz CT molecular complexity index is 433. The lowest BCUT2D eigenvalue weighted by Gasteiger charge is -2.25. The number of halogens is 2. The minimum absolute atomic E-state index is 0.0639. The smallest absolute Gasteiger partial charge is 0.124 e. The first-order valence-electron chi connectivity index (χ1n) is 6.48. The molecule has 4 atom stereocenters. The molecule has 0 radical (unpaired) electrons. The van der Waals surface area contributed by atoms with Crippen LogP contribution >= 0.6 is 15.9 Å².